The molecule has 0 aliphatic rings. The highest BCUT2D eigenvalue weighted by atomic mass is 19.4. The van der Waals surface area contributed by atoms with Crippen LogP contribution in [0.25, 0.3) is 22.3 Å². The number of hydrogen-bond acceptors (Lipinski definition) is 8. The monoisotopic (exact) mass is 592 g/mol. The zero-order valence-corrected chi connectivity index (χ0v) is 24.1. The van der Waals surface area contributed by atoms with Gasteiger partial charge in [0.15, 0.2) is 0 Å². The molecule has 0 spiro atoms. The van der Waals surface area contributed by atoms with Crippen molar-refractivity contribution in [1.29, 1.82) is 0 Å². The summed E-state index contributed by atoms with van der Waals surface area (Å²) in [4.78, 5) is 4.39. The molecule has 42 heavy (non-hydrogen) atoms. The lowest BCUT2D eigenvalue weighted by molar-refractivity contribution is -0.137. The molecule has 0 saturated heterocycles. The molecule has 3 rings (SSSR count). The Morgan fingerprint density at radius 2 is 1.36 bits per heavy atom. The molecule has 0 bridgehead atoms. The minimum absolute atomic E-state index is 0.314. The smallest absolute Gasteiger partial charge is 0.416 e. The predicted octanol–water partition coefficient (Wildman–Crippen LogP) is 5.25. The molecular formula is C31H39F3N2O6. The minimum Gasteiger partial charge on any atom is -0.496 e. The van der Waals surface area contributed by atoms with E-state index in [4.69, 9.17) is 28.4 Å². The summed E-state index contributed by atoms with van der Waals surface area (Å²) in [6, 6.07) is 14.3. The second-order valence-corrected chi connectivity index (χ2v) is 9.16. The van der Waals surface area contributed by atoms with Crippen molar-refractivity contribution in [2.45, 2.75) is 12.8 Å². The summed E-state index contributed by atoms with van der Waals surface area (Å²) in [5.74, 6) is 0.605. The van der Waals surface area contributed by atoms with E-state index >= 15 is 0 Å². The average molecular weight is 593 g/mol. The van der Waals surface area contributed by atoms with Gasteiger partial charge in [0.05, 0.1) is 77.8 Å². The second-order valence-electron chi connectivity index (χ2n) is 9.16. The fourth-order valence-electron chi connectivity index (χ4n) is 3.99. The number of benzene rings is 2. The first-order chi connectivity index (χ1) is 20.4. The van der Waals surface area contributed by atoms with Crippen molar-refractivity contribution < 1.29 is 41.6 Å². The number of aromatic nitrogens is 1. The van der Waals surface area contributed by atoms with Crippen molar-refractivity contribution in [3.8, 4) is 28.0 Å². The molecule has 0 unspecified atom stereocenters. The number of halogens is 3. The van der Waals surface area contributed by atoms with E-state index in [1.165, 1.54) is 6.07 Å². The third kappa shape index (κ3) is 11.7. The molecule has 0 fully saturated rings. The molecule has 1 N–H and O–H groups in total. The second kappa shape index (κ2) is 18.5. The SMILES string of the molecule is COCCOCCOCCOCCNCCOCc1cc(-c2cc(-c3cccc(C(F)(F)F)c3)ccc2OC)ccn1. The molecule has 1 aromatic heterocycles. The van der Waals surface area contributed by atoms with Crippen LogP contribution in [0.4, 0.5) is 13.2 Å². The van der Waals surface area contributed by atoms with Crippen molar-refractivity contribution in [3.63, 3.8) is 0 Å². The van der Waals surface area contributed by atoms with E-state index in [-0.39, 0.29) is 0 Å². The number of nitrogens with zero attached hydrogens (tertiary/aromatic N) is 1. The van der Waals surface area contributed by atoms with Gasteiger partial charge in [0, 0.05) is 32.0 Å². The number of methoxy groups -OCH3 is 2. The van der Waals surface area contributed by atoms with Crippen molar-refractivity contribution in [2.75, 3.05) is 80.2 Å². The molecule has 0 aliphatic heterocycles. The Balaban J connectivity index is 1.40. The van der Waals surface area contributed by atoms with Crippen LogP contribution in [0.5, 0.6) is 5.75 Å². The first-order valence-electron chi connectivity index (χ1n) is 13.7. The van der Waals surface area contributed by atoms with Crippen LogP contribution in [0.15, 0.2) is 60.8 Å². The van der Waals surface area contributed by atoms with E-state index in [0.717, 1.165) is 29.0 Å². The van der Waals surface area contributed by atoms with Gasteiger partial charge >= 0.3 is 6.18 Å². The highest BCUT2D eigenvalue weighted by Crippen LogP contribution is 2.36. The molecule has 2 aromatic carbocycles. The normalized spacial score (nSPS) is 11.6. The van der Waals surface area contributed by atoms with Crippen LogP contribution < -0.4 is 10.1 Å². The maximum absolute atomic E-state index is 13.2. The Labute approximate surface area is 245 Å². The van der Waals surface area contributed by atoms with E-state index in [1.807, 2.05) is 18.2 Å². The number of alkyl halides is 3. The van der Waals surface area contributed by atoms with Crippen LogP contribution in [-0.4, -0.2) is 85.1 Å². The molecule has 230 valence electrons. The van der Waals surface area contributed by atoms with Crippen molar-refractivity contribution >= 4 is 0 Å². The summed E-state index contributed by atoms with van der Waals surface area (Å²) >= 11 is 0. The number of hydrogen-bond donors (Lipinski definition) is 1. The van der Waals surface area contributed by atoms with Gasteiger partial charge in [-0.3, -0.25) is 4.98 Å². The molecule has 3 aromatic rings. The number of pyridine rings is 1. The average Bonchev–Trinajstić information content (AvgIpc) is 3.00. The zero-order valence-electron chi connectivity index (χ0n) is 24.1. The number of rotatable bonds is 20. The minimum atomic E-state index is -4.41. The summed E-state index contributed by atoms with van der Waals surface area (Å²) in [6.07, 6.45) is -2.73. The summed E-state index contributed by atoms with van der Waals surface area (Å²) in [5.41, 5.74) is 2.73. The van der Waals surface area contributed by atoms with Gasteiger partial charge in [-0.1, -0.05) is 18.2 Å². The summed E-state index contributed by atoms with van der Waals surface area (Å²) < 4.78 is 72.2. The van der Waals surface area contributed by atoms with Crippen LogP contribution in [0.2, 0.25) is 0 Å². The molecule has 0 aliphatic carbocycles. The Kier molecular flexibility index (Phi) is 14.7. The third-order valence-electron chi connectivity index (χ3n) is 6.12. The van der Waals surface area contributed by atoms with Crippen molar-refractivity contribution in [1.82, 2.24) is 10.3 Å². The van der Waals surface area contributed by atoms with E-state index < -0.39 is 11.7 Å². The predicted molar refractivity (Wildman–Crippen MR) is 154 cm³/mol. The molecule has 8 nitrogen and oxygen atoms in total. The van der Waals surface area contributed by atoms with Crippen molar-refractivity contribution in [2.24, 2.45) is 0 Å². The van der Waals surface area contributed by atoms with Gasteiger partial charge in [0.2, 0.25) is 0 Å². The van der Waals surface area contributed by atoms with E-state index in [0.29, 0.717) is 89.4 Å². The maximum Gasteiger partial charge on any atom is 0.416 e. The highest BCUT2D eigenvalue weighted by Gasteiger charge is 2.30. The Bertz CT molecular complexity index is 1200. The number of nitrogens with one attached hydrogen (secondary N) is 1. The van der Waals surface area contributed by atoms with Gasteiger partial charge in [-0.2, -0.15) is 13.2 Å². The van der Waals surface area contributed by atoms with Crippen LogP contribution >= 0.6 is 0 Å². The molecule has 0 radical (unpaired) electrons. The quantitative estimate of drug-likeness (QED) is 0.178. The van der Waals surface area contributed by atoms with Gasteiger partial charge < -0.3 is 33.7 Å². The Morgan fingerprint density at radius 3 is 2.05 bits per heavy atom. The first-order valence-corrected chi connectivity index (χ1v) is 13.7. The fraction of sp³-hybridized carbons (Fsp3) is 0.452. The van der Waals surface area contributed by atoms with Crippen LogP contribution in [0, 0.1) is 0 Å². The third-order valence-corrected chi connectivity index (χ3v) is 6.12. The van der Waals surface area contributed by atoms with E-state index in [2.05, 4.69) is 10.3 Å². The van der Waals surface area contributed by atoms with Gasteiger partial charge in [-0.05, 0) is 53.1 Å². The number of ether oxygens (including phenoxy) is 6. The van der Waals surface area contributed by atoms with Crippen LogP contribution in [-0.2, 0) is 36.5 Å². The fourth-order valence-corrected chi connectivity index (χ4v) is 3.99. The van der Waals surface area contributed by atoms with Gasteiger partial charge in [-0.25, -0.2) is 0 Å². The standard InChI is InChI=1S/C31H39F3N2O6/c1-37-14-15-40-18-19-41-17-16-39-12-10-35-11-13-42-23-28-21-26(8-9-36-28)29-22-25(6-7-30(29)38-2)24-4-3-5-27(20-24)31(32,33)34/h3-9,20-22,35H,10-19,23H2,1-2H3. The summed E-state index contributed by atoms with van der Waals surface area (Å²) in [6.45, 7) is 5.97. The maximum atomic E-state index is 13.2. The van der Waals surface area contributed by atoms with Gasteiger partial charge in [-0.15, -0.1) is 0 Å². The Hall–Kier alpha value is -3.06. The van der Waals surface area contributed by atoms with E-state index in [1.54, 1.807) is 38.6 Å². The lowest BCUT2D eigenvalue weighted by Crippen LogP contribution is -2.24. The highest BCUT2D eigenvalue weighted by molar-refractivity contribution is 5.78. The van der Waals surface area contributed by atoms with Crippen LogP contribution in [0.1, 0.15) is 11.3 Å². The summed E-state index contributed by atoms with van der Waals surface area (Å²) in [5, 5.41) is 3.26. The van der Waals surface area contributed by atoms with Gasteiger partial charge in [0.25, 0.3) is 0 Å². The lowest BCUT2D eigenvalue weighted by atomic mass is 9.97. The molecule has 11 heteroatoms. The molecule has 0 amide bonds. The largest absolute Gasteiger partial charge is 0.496 e. The van der Waals surface area contributed by atoms with E-state index in [9.17, 15) is 13.2 Å². The molecule has 0 atom stereocenters. The van der Waals surface area contributed by atoms with Crippen LogP contribution in [0.3, 0.4) is 0 Å². The van der Waals surface area contributed by atoms with Gasteiger partial charge in [0.1, 0.15) is 5.75 Å². The van der Waals surface area contributed by atoms with Crippen molar-refractivity contribution in [3.05, 3.63) is 72.1 Å². The molecular weight excluding hydrogens is 553 g/mol. The Morgan fingerprint density at radius 1 is 0.690 bits per heavy atom. The summed E-state index contributed by atoms with van der Waals surface area (Å²) in [7, 11) is 3.19. The lowest BCUT2D eigenvalue weighted by Gasteiger charge is -2.14. The zero-order chi connectivity index (χ0) is 30.0. The first kappa shape index (κ1) is 33.4. The molecule has 0 saturated carbocycles. The topological polar surface area (TPSA) is 80.3 Å². The molecule has 1 heterocycles.